The smallest absolute Gasteiger partial charge is 0.191 e. The van der Waals surface area contributed by atoms with E-state index >= 15 is 0 Å². The number of hydrogen-bond acceptors (Lipinski definition) is 4. The van der Waals surface area contributed by atoms with Crippen molar-refractivity contribution >= 4 is 29.9 Å². The van der Waals surface area contributed by atoms with E-state index in [0.29, 0.717) is 5.92 Å². The van der Waals surface area contributed by atoms with Crippen molar-refractivity contribution < 1.29 is 9.47 Å². The van der Waals surface area contributed by atoms with Crippen molar-refractivity contribution in [1.82, 2.24) is 15.5 Å². The molecule has 0 aliphatic carbocycles. The molecule has 178 valence electrons. The molecule has 6 nitrogen and oxygen atoms in total. The largest absolute Gasteiger partial charge is 0.381 e. The Labute approximate surface area is 202 Å². The molecule has 2 unspecified atom stereocenters. The van der Waals surface area contributed by atoms with Crippen LogP contribution in [-0.4, -0.2) is 76.6 Å². The first-order valence-corrected chi connectivity index (χ1v) is 12.1. The summed E-state index contributed by atoms with van der Waals surface area (Å²) in [4.78, 5) is 7.34. The quantitative estimate of drug-likeness (QED) is 0.172. The molecule has 0 aromatic carbocycles. The Morgan fingerprint density at radius 2 is 1.80 bits per heavy atom. The highest BCUT2D eigenvalue weighted by molar-refractivity contribution is 14.0. The predicted octanol–water partition coefficient (Wildman–Crippen LogP) is 3.75. The minimum absolute atomic E-state index is 0. The molecule has 2 heterocycles. The molecule has 2 rings (SSSR count). The average Bonchev–Trinajstić information content (AvgIpc) is 2.70. The van der Waals surface area contributed by atoms with Gasteiger partial charge in [-0.2, -0.15) is 0 Å². The summed E-state index contributed by atoms with van der Waals surface area (Å²) in [5.41, 5.74) is 0. The highest BCUT2D eigenvalue weighted by Gasteiger charge is 2.20. The Morgan fingerprint density at radius 3 is 2.50 bits per heavy atom. The fraction of sp³-hybridized carbons (Fsp3) is 0.957. The first-order valence-electron chi connectivity index (χ1n) is 12.1. The second-order valence-electron chi connectivity index (χ2n) is 9.08. The van der Waals surface area contributed by atoms with Crippen molar-refractivity contribution in [2.75, 3.05) is 65.7 Å². The van der Waals surface area contributed by atoms with Crippen LogP contribution in [0.15, 0.2) is 4.99 Å². The molecule has 2 aliphatic rings. The van der Waals surface area contributed by atoms with Gasteiger partial charge in [0.25, 0.3) is 0 Å². The van der Waals surface area contributed by atoms with Gasteiger partial charge in [-0.05, 0) is 69.7 Å². The summed E-state index contributed by atoms with van der Waals surface area (Å²) >= 11 is 0. The standard InChI is InChI=1S/C23H46N4O2.HI/c1-4-24-23(26-11-7-13-29-19-22-8-14-28-15-9-22)25-10-5-6-12-27-17-20(2)16-21(3)18-27;/h20-22H,4-19H2,1-3H3,(H2,24,25,26);1H. The number of piperidine rings is 1. The van der Waals surface area contributed by atoms with Crippen molar-refractivity contribution in [3.63, 3.8) is 0 Å². The van der Waals surface area contributed by atoms with Crippen LogP contribution in [0.1, 0.15) is 59.3 Å². The van der Waals surface area contributed by atoms with Crippen LogP contribution in [0.4, 0.5) is 0 Å². The highest BCUT2D eigenvalue weighted by Crippen LogP contribution is 2.21. The number of aliphatic imine (C=N–C) groups is 1. The second-order valence-corrected chi connectivity index (χ2v) is 9.08. The van der Waals surface area contributed by atoms with Crippen LogP contribution < -0.4 is 10.6 Å². The minimum atomic E-state index is 0. The lowest BCUT2D eigenvalue weighted by atomic mass is 9.92. The third kappa shape index (κ3) is 12.7. The van der Waals surface area contributed by atoms with E-state index < -0.39 is 0 Å². The first kappa shape index (κ1) is 27.9. The molecule has 30 heavy (non-hydrogen) atoms. The van der Waals surface area contributed by atoms with Gasteiger partial charge in [0.1, 0.15) is 0 Å². The molecule has 2 aliphatic heterocycles. The highest BCUT2D eigenvalue weighted by atomic mass is 127. The van der Waals surface area contributed by atoms with Crippen molar-refractivity contribution in [2.45, 2.75) is 59.3 Å². The summed E-state index contributed by atoms with van der Waals surface area (Å²) in [6, 6.07) is 0. The molecule has 0 radical (unpaired) electrons. The van der Waals surface area contributed by atoms with Gasteiger partial charge < -0.3 is 25.0 Å². The molecule has 0 spiro atoms. The maximum absolute atomic E-state index is 5.83. The molecule has 0 saturated carbocycles. The number of rotatable bonds is 12. The summed E-state index contributed by atoms with van der Waals surface area (Å²) in [7, 11) is 0. The third-order valence-electron chi connectivity index (χ3n) is 5.89. The molecule has 2 fully saturated rings. The van der Waals surface area contributed by atoms with Gasteiger partial charge in [0, 0.05) is 59.2 Å². The molecular formula is C23H47IN4O2. The van der Waals surface area contributed by atoms with Gasteiger partial charge >= 0.3 is 0 Å². The second kappa shape index (κ2) is 17.4. The minimum Gasteiger partial charge on any atom is -0.381 e. The van der Waals surface area contributed by atoms with E-state index in [2.05, 4.69) is 41.3 Å². The number of nitrogens with one attached hydrogen (secondary N) is 2. The van der Waals surface area contributed by atoms with Gasteiger partial charge in [0.15, 0.2) is 5.96 Å². The lowest BCUT2D eigenvalue weighted by Crippen LogP contribution is -2.40. The number of likely N-dealkylation sites (tertiary alicyclic amines) is 1. The van der Waals surface area contributed by atoms with Crippen molar-refractivity contribution in [3.8, 4) is 0 Å². The number of nitrogens with zero attached hydrogens (tertiary/aromatic N) is 2. The number of ether oxygens (including phenoxy) is 2. The van der Waals surface area contributed by atoms with Crippen molar-refractivity contribution in [2.24, 2.45) is 22.7 Å². The van der Waals surface area contributed by atoms with Gasteiger partial charge in [-0.15, -0.1) is 24.0 Å². The van der Waals surface area contributed by atoms with Crippen LogP contribution in [0.25, 0.3) is 0 Å². The van der Waals surface area contributed by atoms with Crippen LogP contribution in [0.5, 0.6) is 0 Å². The number of hydrogen-bond donors (Lipinski definition) is 2. The fourth-order valence-corrected chi connectivity index (χ4v) is 4.50. The van der Waals surface area contributed by atoms with Crippen LogP contribution in [0.2, 0.25) is 0 Å². The summed E-state index contributed by atoms with van der Waals surface area (Å²) in [6.45, 7) is 16.8. The molecule has 2 N–H and O–H groups in total. The van der Waals surface area contributed by atoms with Crippen LogP contribution >= 0.6 is 24.0 Å². The third-order valence-corrected chi connectivity index (χ3v) is 5.89. The van der Waals surface area contributed by atoms with Gasteiger partial charge in [0.2, 0.25) is 0 Å². The summed E-state index contributed by atoms with van der Waals surface area (Å²) in [5.74, 6) is 3.33. The van der Waals surface area contributed by atoms with E-state index in [1.54, 1.807) is 0 Å². The molecule has 2 saturated heterocycles. The molecule has 0 aromatic rings. The SMILES string of the molecule is CCNC(=NCCCOCC1CCOCC1)NCCCCN1CC(C)CC(C)C1.I. The molecule has 0 amide bonds. The molecule has 2 atom stereocenters. The normalized spacial score (nSPS) is 23.8. The maximum atomic E-state index is 5.83. The average molecular weight is 539 g/mol. The monoisotopic (exact) mass is 538 g/mol. The van der Waals surface area contributed by atoms with E-state index in [9.17, 15) is 0 Å². The van der Waals surface area contributed by atoms with Crippen molar-refractivity contribution in [3.05, 3.63) is 0 Å². The Kier molecular flexibility index (Phi) is 16.2. The molecule has 0 bridgehead atoms. The van der Waals surface area contributed by atoms with Gasteiger partial charge in [-0.3, -0.25) is 4.99 Å². The lowest BCUT2D eigenvalue weighted by Gasteiger charge is -2.34. The Morgan fingerprint density at radius 1 is 1.07 bits per heavy atom. The zero-order valence-electron chi connectivity index (χ0n) is 19.7. The van der Waals surface area contributed by atoms with Gasteiger partial charge in [-0.25, -0.2) is 0 Å². The van der Waals surface area contributed by atoms with E-state index in [1.807, 2.05) is 0 Å². The summed E-state index contributed by atoms with van der Waals surface area (Å²) in [6.07, 6.45) is 7.10. The topological polar surface area (TPSA) is 58.1 Å². The van der Waals surface area contributed by atoms with Gasteiger partial charge in [0.05, 0.1) is 0 Å². The molecular weight excluding hydrogens is 491 g/mol. The maximum Gasteiger partial charge on any atom is 0.191 e. The zero-order chi connectivity index (χ0) is 20.7. The number of guanidine groups is 1. The zero-order valence-corrected chi connectivity index (χ0v) is 22.0. The van der Waals surface area contributed by atoms with Crippen molar-refractivity contribution in [1.29, 1.82) is 0 Å². The van der Waals surface area contributed by atoms with Gasteiger partial charge in [-0.1, -0.05) is 13.8 Å². The number of halogens is 1. The van der Waals surface area contributed by atoms with Crippen LogP contribution in [-0.2, 0) is 9.47 Å². The summed E-state index contributed by atoms with van der Waals surface area (Å²) in [5, 5.41) is 6.84. The fourth-order valence-electron chi connectivity index (χ4n) is 4.50. The summed E-state index contributed by atoms with van der Waals surface area (Å²) < 4.78 is 11.2. The van der Waals surface area contributed by atoms with E-state index in [4.69, 9.17) is 9.47 Å². The Balaban J connectivity index is 0.00000450. The molecule has 7 heteroatoms. The van der Waals surface area contributed by atoms with Crippen LogP contribution in [0.3, 0.4) is 0 Å². The number of unbranched alkanes of at least 4 members (excludes halogenated alkanes) is 1. The first-order chi connectivity index (χ1) is 14.2. The Hall–Kier alpha value is -0.120. The Bertz CT molecular complexity index is 437. The van der Waals surface area contributed by atoms with E-state index in [1.165, 1.54) is 38.9 Å². The van der Waals surface area contributed by atoms with Crippen LogP contribution in [0, 0.1) is 17.8 Å². The van der Waals surface area contributed by atoms with E-state index in [0.717, 1.165) is 83.1 Å². The molecule has 0 aromatic heterocycles. The predicted molar refractivity (Wildman–Crippen MR) is 137 cm³/mol. The van der Waals surface area contributed by atoms with E-state index in [-0.39, 0.29) is 24.0 Å². The lowest BCUT2D eigenvalue weighted by molar-refractivity contribution is 0.0205.